The zero-order chi connectivity index (χ0) is 42.5. The van der Waals surface area contributed by atoms with Crippen molar-refractivity contribution in [3.8, 4) is 11.5 Å². The summed E-state index contributed by atoms with van der Waals surface area (Å²) in [6.45, 7) is 1.90. The van der Waals surface area contributed by atoms with Gasteiger partial charge in [-0.2, -0.15) is 0 Å². The lowest BCUT2D eigenvalue weighted by Crippen LogP contribution is -2.58. The molecule has 0 radical (unpaired) electrons. The number of nitrogens with one attached hydrogen (secondary N) is 4. The molecule has 59 heavy (non-hydrogen) atoms. The summed E-state index contributed by atoms with van der Waals surface area (Å²) < 4.78 is 17.6. The molecule has 2 aromatic carbocycles. The molecule has 2 fully saturated rings. The van der Waals surface area contributed by atoms with Crippen LogP contribution in [0.2, 0.25) is 0 Å². The minimum Gasteiger partial charge on any atom is -0.497 e. The van der Waals surface area contributed by atoms with Gasteiger partial charge in [0.05, 0.1) is 45.4 Å². The topological polar surface area (TPSA) is 202 Å². The number of rotatable bonds is 13. The Labute approximate surface area is 345 Å². The van der Waals surface area contributed by atoms with Crippen LogP contribution in [0, 0.1) is 5.92 Å². The van der Waals surface area contributed by atoms with Crippen molar-refractivity contribution in [2.24, 2.45) is 5.92 Å². The molecule has 4 bridgehead atoms. The summed E-state index contributed by atoms with van der Waals surface area (Å²) >= 11 is 0. The van der Waals surface area contributed by atoms with Gasteiger partial charge in [-0.1, -0.05) is 62.9 Å². The van der Waals surface area contributed by atoms with E-state index in [9.17, 15) is 33.6 Å². The predicted molar refractivity (Wildman–Crippen MR) is 216 cm³/mol. The van der Waals surface area contributed by atoms with Crippen LogP contribution in [0.5, 0.6) is 11.5 Å². The van der Waals surface area contributed by atoms with E-state index >= 15 is 0 Å². The number of ether oxygens (including phenoxy) is 3. The van der Waals surface area contributed by atoms with Crippen LogP contribution in [-0.4, -0.2) is 123 Å². The van der Waals surface area contributed by atoms with Crippen molar-refractivity contribution in [2.45, 2.75) is 101 Å². The first kappa shape index (κ1) is 44.6. The number of ketones is 1. The van der Waals surface area contributed by atoms with Gasteiger partial charge in [-0.05, 0) is 48.4 Å². The van der Waals surface area contributed by atoms with E-state index in [1.807, 2.05) is 0 Å². The van der Waals surface area contributed by atoms with Gasteiger partial charge in [0, 0.05) is 39.5 Å². The Morgan fingerprint density at radius 2 is 1.71 bits per heavy atom. The first-order valence-corrected chi connectivity index (χ1v) is 20.6. The summed E-state index contributed by atoms with van der Waals surface area (Å²) in [4.78, 5) is 97.7. The molecule has 5 atom stereocenters. The number of methoxy groups -OCH3 is 1. The van der Waals surface area contributed by atoms with Crippen LogP contribution in [-0.2, 0) is 44.7 Å². The van der Waals surface area contributed by atoms with E-state index in [1.54, 1.807) is 69.6 Å². The van der Waals surface area contributed by atoms with Crippen molar-refractivity contribution < 1.29 is 47.8 Å². The molecule has 320 valence electrons. The third-order valence-corrected chi connectivity index (χ3v) is 11.0. The number of carbonyl (C=O) groups is 7. The van der Waals surface area contributed by atoms with Gasteiger partial charge in [0.15, 0.2) is 0 Å². The van der Waals surface area contributed by atoms with Gasteiger partial charge < -0.3 is 45.3 Å². The van der Waals surface area contributed by atoms with Gasteiger partial charge in [-0.15, -0.1) is 0 Å². The number of likely N-dealkylation sites (N-methyl/N-ethyl adjacent to an activating group) is 1. The third kappa shape index (κ3) is 12.3. The number of Topliss-reactive ketones (excluding diaryl/α,β-unsaturated/α-hetero) is 1. The summed E-state index contributed by atoms with van der Waals surface area (Å²) in [5.41, 5.74) is 1.20. The number of nitrogens with zero attached hydrogens (tertiary/aromatic N) is 2. The molecule has 1 saturated carbocycles. The molecule has 2 heterocycles. The zero-order valence-corrected chi connectivity index (χ0v) is 34.5. The Morgan fingerprint density at radius 1 is 0.966 bits per heavy atom. The van der Waals surface area contributed by atoms with E-state index in [-0.39, 0.29) is 43.5 Å². The fraction of sp³-hybridized carbons (Fsp3) is 0.558. The van der Waals surface area contributed by atoms with Crippen molar-refractivity contribution in [3.05, 3.63) is 59.7 Å². The van der Waals surface area contributed by atoms with Gasteiger partial charge in [-0.25, -0.2) is 0 Å². The van der Waals surface area contributed by atoms with Crippen LogP contribution in [0.3, 0.4) is 0 Å². The van der Waals surface area contributed by atoms with E-state index in [4.69, 9.17) is 14.2 Å². The van der Waals surface area contributed by atoms with Crippen molar-refractivity contribution >= 4 is 41.2 Å². The maximum atomic E-state index is 14.6. The second-order valence-corrected chi connectivity index (χ2v) is 15.6. The van der Waals surface area contributed by atoms with Crippen LogP contribution in [0.15, 0.2) is 48.5 Å². The maximum Gasteiger partial charge on any atom is 0.290 e. The predicted octanol–water partition coefficient (Wildman–Crippen LogP) is 1.99. The second kappa shape index (κ2) is 21.5. The van der Waals surface area contributed by atoms with E-state index in [0.29, 0.717) is 48.7 Å². The zero-order valence-electron chi connectivity index (χ0n) is 34.5. The molecule has 2 aromatic rings. The average Bonchev–Trinajstić information content (AvgIpc) is 3.67. The molecule has 0 aromatic heterocycles. The number of amides is 6. The fourth-order valence-electron chi connectivity index (χ4n) is 7.92. The third-order valence-electron chi connectivity index (χ3n) is 11.0. The van der Waals surface area contributed by atoms with Crippen LogP contribution in [0.4, 0.5) is 0 Å². The molecule has 1 unspecified atom stereocenters. The van der Waals surface area contributed by atoms with E-state index in [2.05, 4.69) is 21.3 Å². The van der Waals surface area contributed by atoms with Crippen molar-refractivity contribution in [1.82, 2.24) is 31.1 Å². The number of benzene rings is 2. The molecule has 16 nitrogen and oxygen atoms in total. The summed E-state index contributed by atoms with van der Waals surface area (Å²) in [7, 11) is 4.65. The van der Waals surface area contributed by atoms with Gasteiger partial charge >= 0.3 is 0 Å². The van der Waals surface area contributed by atoms with Crippen LogP contribution in [0.25, 0.3) is 0 Å². The summed E-state index contributed by atoms with van der Waals surface area (Å²) in [6, 6.07) is 9.68. The molecule has 3 aliphatic rings. The lowest BCUT2D eigenvalue weighted by atomic mass is 9.83. The number of fused-ring (bicyclic) bond motifs is 4. The van der Waals surface area contributed by atoms with Crippen LogP contribution < -0.4 is 30.7 Å². The normalized spacial score (nSPS) is 21.2. The average molecular weight is 819 g/mol. The highest BCUT2D eigenvalue weighted by Gasteiger charge is 2.45. The highest BCUT2D eigenvalue weighted by molar-refractivity contribution is 6.38. The molecule has 2 aliphatic heterocycles. The SMILES string of the molecule is CCCC(NC(=O)[C@@H]1C[C@@H]2CN1C(=O)[C@H](C1CCCCC1)NC(=O)Cc1cc(OC)cc(c1)OCCCO2)C(=O)C(=O)NCC(=O)N[C@H](C(=O)N(C)C)c1ccccc1. The lowest BCUT2D eigenvalue weighted by Gasteiger charge is -2.35. The van der Waals surface area contributed by atoms with Gasteiger partial charge in [0.25, 0.3) is 5.91 Å². The number of carbonyl (C=O) groups excluding carboxylic acids is 7. The molecule has 1 aliphatic carbocycles. The minimum atomic E-state index is -1.25. The first-order valence-electron chi connectivity index (χ1n) is 20.6. The standard InChI is InChI=1S/C43H58N6O10/c1-5-13-33(39(52)41(54)44-25-36(51)47-37(42(55)48(2)3)28-14-8-6-9-15-28)45-40(53)34-24-32-26-49(34)43(56)38(29-16-10-7-11-17-29)46-35(50)22-27-20-30(57-4)23-31(21-27)58-18-12-19-59-32/h6,8-9,14-15,20-21,23,29,32-34,37-38H,5,7,10-13,16-19,22,24-26H2,1-4H3,(H,44,54)(H,45,53)(H,46,50)(H,47,51)/t32-,33?,34+,37+,38+/m1/s1. The second-order valence-electron chi connectivity index (χ2n) is 15.6. The Morgan fingerprint density at radius 3 is 2.41 bits per heavy atom. The van der Waals surface area contributed by atoms with Gasteiger partial charge in [0.1, 0.15) is 29.6 Å². The van der Waals surface area contributed by atoms with E-state index in [1.165, 1.54) is 16.9 Å². The highest BCUT2D eigenvalue weighted by Crippen LogP contribution is 2.31. The van der Waals surface area contributed by atoms with Crippen molar-refractivity contribution in [3.63, 3.8) is 0 Å². The molecule has 0 spiro atoms. The minimum absolute atomic E-state index is 0.0218. The Kier molecular flexibility index (Phi) is 16.2. The highest BCUT2D eigenvalue weighted by atomic mass is 16.5. The smallest absolute Gasteiger partial charge is 0.290 e. The molecule has 4 N–H and O–H groups in total. The first-order chi connectivity index (χ1) is 28.4. The molecule has 16 heteroatoms. The Balaban J connectivity index is 1.30. The van der Waals surface area contributed by atoms with Gasteiger partial charge in [0.2, 0.25) is 35.3 Å². The van der Waals surface area contributed by atoms with Crippen molar-refractivity contribution in [2.75, 3.05) is 47.5 Å². The maximum absolute atomic E-state index is 14.6. The summed E-state index contributed by atoms with van der Waals surface area (Å²) in [6.07, 6.45) is 4.96. The monoisotopic (exact) mass is 818 g/mol. The number of hydrogen-bond donors (Lipinski definition) is 4. The number of hydrogen-bond acceptors (Lipinski definition) is 10. The molecule has 6 amide bonds. The fourth-order valence-corrected chi connectivity index (χ4v) is 7.92. The Hall–Kier alpha value is -5.51. The summed E-state index contributed by atoms with van der Waals surface area (Å²) in [5.74, 6) is -3.58. The largest absolute Gasteiger partial charge is 0.497 e. The van der Waals surface area contributed by atoms with Gasteiger partial charge in [-0.3, -0.25) is 33.6 Å². The van der Waals surface area contributed by atoms with Crippen LogP contribution >= 0.6 is 0 Å². The van der Waals surface area contributed by atoms with E-state index < -0.39 is 66.2 Å². The van der Waals surface area contributed by atoms with E-state index in [0.717, 1.165) is 32.1 Å². The lowest BCUT2D eigenvalue weighted by molar-refractivity contribution is -0.144. The van der Waals surface area contributed by atoms with Crippen LogP contribution in [0.1, 0.15) is 81.9 Å². The molecular weight excluding hydrogens is 761 g/mol. The molecule has 1 saturated heterocycles. The van der Waals surface area contributed by atoms with Crippen molar-refractivity contribution in [1.29, 1.82) is 0 Å². The quantitative estimate of drug-likeness (QED) is 0.217. The molecule has 5 rings (SSSR count). The molecular formula is C43H58N6O10. The summed E-state index contributed by atoms with van der Waals surface area (Å²) in [5, 5.41) is 10.7. The Bertz CT molecular complexity index is 1820.